The lowest BCUT2D eigenvalue weighted by molar-refractivity contribution is 0.149. The van der Waals surface area contributed by atoms with E-state index in [1.165, 1.54) is 0 Å². The van der Waals surface area contributed by atoms with Crippen LogP contribution in [0.25, 0.3) is 0 Å². The van der Waals surface area contributed by atoms with E-state index >= 15 is 0 Å². The van der Waals surface area contributed by atoms with Gasteiger partial charge < -0.3 is 10.2 Å². The first-order chi connectivity index (χ1) is 8.04. The van der Waals surface area contributed by atoms with Crippen molar-refractivity contribution in [3.8, 4) is 0 Å². The second-order valence-corrected chi connectivity index (χ2v) is 5.73. The molecule has 0 fully saturated rings. The van der Waals surface area contributed by atoms with Crippen molar-refractivity contribution in [2.75, 3.05) is 13.6 Å². The Morgan fingerprint density at radius 1 is 1.35 bits per heavy atom. The van der Waals surface area contributed by atoms with Gasteiger partial charge in [0.1, 0.15) is 5.76 Å². The molecule has 0 aliphatic carbocycles. The molecular weight excluding hydrogens is 348 g/mol. The standard InChI is InChI=1S/C12H20Br2N2O/c1-4-8(5-2)16(3)10(7-15)11-6-9(13)12(14)17-11/h6,8,10H,4-5,7,15H2,1-3H3. The largest absolute Gasteiger partial charge is 0.451 e. The highest BCUT2D eigenvalue weighted by molar-refractivity contribution is 9.13. The van der Waals surface area contributed by atoms with Crippen LogP contribution in [0.2, 0.25) is 0 Å². The Bertz CT molecular complexity index is 331. The van der Waals surface area contributed by atoms with E-state index in [1.54, 1.807) is 0 Å². The molecule has 98 valence electrons. The molecule has 0 amide bonds. The molecule has 17 heavy (non-hydrogen) atoms. The van der Waals surface area contributed by atoms with Crippen LogP contribution in [0.4, 0.5) is 0 Å². The van der Waals surface area contributed by atoms with Gasteiger partial charge in [-0.3, -0.25) is 4.90 Å². The molecule has 1 unspecified atom stereocenters. The van der Waals surface area contributed by atoms with Crippen molar-refractivity contribution in [2.24, 2.45) is 5.73 Å². The summed E-state index contributed by atoms with van der Waals surface area (Å²) in [4.78, 5) is 2.30. The average molecular weight is 368 g/mol. The highest BCUT2D eigenvalue weighted by Crippen LogP contribution is 2.32. The molecule has 0 spiro atoms. The maximum Gasteiger partial charge on any atom is 0.183 e. The third-order valence-corrected chi connectivity index (χ3v) is 4.94. The Labute approximate surface area is 120 Å². The third kappa shape index (κ3) is 3.56. The zero-order valence-corrected chi connectivity index (χ0v) is 13.7. The number of nitrogens with zero attached hydrogens (tertiary/aromatic N) is 1. The van der Waals surface area contributed by atoms with Crippen molar-refractivity contribution >= 4 is 31.9 Å². The molecule has 0 saturated carbocycles. The van der Waals surface area contributed by atoms with Crippen LogP contribution in [0.5, 0.6) is 0 Å². The van der Waals surface area contributed by atoms with Crippen molar-refractivity contribution in [1.29, 1.82) is 0 Å². The average Bonchev–Trinajstić information content (AvgIpc) is 2.61. The normalized spacial score (nSPS) is 13.6. The van der Waals surface area contributed by atoms with Crippen molar-refractivity contribution in [3.63, 3.8) is 0 Å². The highest BCUT2D eigenvalue weighted by Gasteiger charge is 2.24. The van der Waals surface area contributed by atoms with Crippen LogP contribution in [0.3, 0.4) is 0 Å². The van der Waals surface area contributed by atoms with Gasteiger partial charge in [0.15, 0.2) is 4.67 Å². The summed E-state index contributed by atoms with van der Waals surface area (Å²) >= 11 is 6.79. The Balaban J connectivity index is 2.90. The summed E-state index contributed by atoms with van der Waals surface area (Å²) in [5.41, 5.74) is 5.88. The molecule has 0 radical (unpaired) electrons. The first-order valence-corrected chi connectivity index (χ1v) is 7.50. The lowest BCUT2D eigenvalue weighted by atomic mass is 10.1. The molecule has 1 aromatic heterocycles. The van der Waals surface area contributed by atoms with Gasteiger partial charge in [0.2, 0.25) is 0 Å². The van der Waals surface area contributed by atoms with Gasteiger partial charge in [0.25, 0.3) is 0 Å². The molecule has 1 atom stereocenters. The van der Waals surface area contributed by atoms with E-state index in [1.807, 2.05) is 6.07 Å². The van der Waals surface area contributed by atoms with Crippen molar-refractivity contribution in [3.05, 3.63) is 21.0 Å². The van der Waals surface area contributed by atoms with Crippen LogP contribution in [-0.4, -0.2) is 24.5 Å². The lowest BCUT2D eigenvalue weighted by Crippen LogP contribution is -2.37. The molecule has 0 aliphatic rings. The predicted molar refractivity (Wildman–Crippen MR) is 78.0 cm³/mol. The van der Waals surface area contributed by atoms with Gasteiger partial charge in [-0.15, -0.1) is 0 Å². The molecule has 3 nitrogen and oxygen atoms in total. The van der Waals surface area contributed by atoms with Crippen LogP contribution in [0.15, 0.2) is 19.6 Å². The summed E-state index contributed by atoms with van der Waals surface area (Å²) in [7, 11) is 2.11. The minimum absolute atomic E-state index is 0.127. The van der Waals surface area contributed by atoms with E-state index in [0.717, 1.165) is 27.7 Å². The fourth-order valence-corrected chi connectivity index (χ4v) is 2.74. The van der Waals surface area contributed by atoms with E-state index in [0.29, 0.717) is 12.6 Å². The Kier molecular flexibility index (Phi) is 6.20. The molecular formula is C12H20Br2N2O. The van der Waals surface area contributed by atoms with E-state index in [2.05, 4.69) is 57.7 Å². The molecule has 1 aromatic rings. The maximum atomic E-state index is 5.88. The van der Waals surface area contributed by atoms with Gasteiger partial charge in [0, 0.05) is 12.6 Å². The molecule has 2 N–H and O–H groups in total. The number of rotatable bonds is 6. The summed E-state index contributed by atoms with van der Waals surface area (Å²) < 4.78 is 7.34. The smallest absolute Gasteiger partial charge is 0.183 e. The van der Waals surface area contributed by atoms with Crippen molar-refractivity contribution in [2.45, 2.75) is 38.8 Å². The van der Waals surface area contributed by atoms with Crippen molar-refractivity contribution < 1.29 is 4.42 Å². The molecule has 0 bridgehead atoms. The first kappa shape index (κ1) is 15.2. The minimum Gasteiger partial charge on any atom is -0.451 e. The number of hydrogen-bond acceptors (Lipinski definition) is 3. The number of furan rings is 1. The van der Waals surface area contributed by atoms with Crippen molar-refractivity contribution in [1.82, 2.24) is 4.90 Å². The zero-order valence-electron chi connectivity index (χ0n) is 10.5. The van der Waals surface area contributed by atoms with Gasteiger partial charge in [0.05, 0.1) is 10.5 Å². The minimum atomic E-state index is 0.127. The first-order valence-electron chi connectivity index (χ1n) is 5.91. The van der Waals surface area contributed by atoms with E-state index < -0.39 is 0 Å². The fourth-order valence-electron chi connectivity index (χ4n) is 2.13. The third-order valence-electron chi connectivity index (χ3n) is 3.23. The highest BCUT2D eigenvalue weighted by atomic mass is 79.9. The molecule has 0 aliphatic heterocycles. The van der Waals surface area contributed by atoms with E-state index in [9.17, 15) is 0 Å². The van der Waals surface area contributed by atoms with Gasteiger partial charge in [-0.1, -0.05) is 13.8 Å². The number of halogens is 2. The molecule has 0 saturated heterocycles. The summed E-state index contributed by atoms with van der Waals surface area (Å²) in [5, 5.41) is 0. The number of hydrogen-bond donors (Lipinski definition) is 1. The topological polar surface area (TPSA) is 42.4 Å². The summed E-state index contributed by atoms with van der Waals surface area (Å²) in [6, 6.07) is 2.65. The quantitative estimate of drug-likeness (QED) is 0.828. The summed E-state index contributed by atoms with van der Waals surface area (Å²) in [6.07, 6.45) is 2.24. The predicted octanol–water partition coefficient (Wildman–Crippen LogP) is 3.92. The van der Waals surface area contributed by atoms with E-state index in [-0.39, 0.29) is 6.04 Å². The summed E-state index contributed by atoms with van der Waals surface area (Å²) in [6.45, 7) is 4.96. The second-order valence-electron chi connectivity index (χ2n) is 4.16. The Hall–Kier alpha value is 0.160. The molecule has 0 aromatic carbocycles. The lowest BCUT2D eigenvalue weighted by Gasteiger charge is -2.32. The van der Waals surface area contributed by atoms with Gasteiger partial charge in [-0.25, -0.2) is 0 Å². The second kappa shape index (κ2) is 6.92. The summed E-state index contributed by atoms with van der Waals surface area (Å²) in [5.74, 6) is 0.903. The molecule has 1 rings (SSSR count). The van der Waals surface area contributed by atoms with Gasteiger partial charge >= 0.3 is 0 Å². The number of likely N-dealkylation sites (N-methyl/N-ethyl adjacent to an activating group) is 1. The van der Waals surface area contributed by atoms with Crippen LogP contribution in [-0.2, 0) is 0 Å². The van der Waals surface area contributed by atoms with E-state index in [4.69, 9.17) is 10.2 Å². The monoisotopic (exact) mass is 366 g/mol. The maximum absolute atomic E-state index is 5.88. The van der Waals surface area contributed by atoms with Gasteiger partial charge in [-0.2, -0.15) is 0 Å². The van der Waals surface area contributed by atoms with Crippen LogP contribution in [0.1, 0.15) is 38.5 Å². The fraction of sp³-hybridized carbons (Fsp3) is 0.667. The zero-order chi connectivity index (χ0) is 13.0. The molecule has 5 heteroatoms. The van der Waals surface area contributed by atoms with Crippen LogP contribution < -0.4 is 5.73 Å². The Morgan fingerprint density at radius 3 is 2.29 bits per heavy atom. The molecule has 1 heterocycles. The van der Waals surface area contributed by atoms with Crippen LogP contribution >= 0.6 is 31.9 Å². The SMILES string of the molecule is CCC(CC)N(C)C(CN)c1cc(Br)c(Br)o1. The van der Waals surface area contributed by atoms with Crippen LogP contribution in [0, 0.1) is 0 Å². The number of nitrogens with two attached hydrogens (primary N) is 1. The van der Waals surface area contributed by atoms with Gasteiger partial charge in [-0.05, 0) is 57.8 Å². The Morgan fingerprint density at radius 2 is 1.94 bits per heavy atom.